The molecule has 0 radical (unpaired) electrons. The Morgan fingerprint density at radius 1 is 1.39 bits per heavy atom. The van der Waals surface area contributed by atoms with E-state index < -0.39 is 5.97 Å². The minimum atomic E-state index is -0.946. The Labute approximate surface area is 108 Å². The van der Waals surface area contributed by atoms with Gasteiger partial charge in [-0.25, -0.2) is 9.78 Å². The van der Waals surface area contributed by atoms with Crippen LogP contribution >= 0.6 is 0 Å². The van der Waals surface area contributed by atoms with E-state index in [1.54, 1.807) is 12.1 Å². The highest BCUT2D eigenvalue weighted by molar-refractivity contribution is 5.93. The fraction of sp³-hybridized carbons (Fsp3) is 0.538. The van der Waals surface area contributed by atoms with E-state index in [2.05, 4.69) is 15.2 Å². The van der Waals surface area contributed by atoms with Crippen LogP contribution < -0.4 is 5.32 Å². The maximum absolute atomic E-state index is 11.0. The summed E-state index contributed by atoms with van der Waals surface area (Å²) in [7, 11) is 4.08. The summed E-state index contributed by atoms with van der Waals surface area (Å²) < 4.78 is 0. The van der Waals surface area contributed by atoms with E-state index in [0.29, 0.717) is 5.82 Å². The van der Waals surface area contributed by atoms with Crippen molar-refractivity contribution in [2.24, 2.45) is 0 Å². The number of rotatable bonds is 7. The zero-order valence-corrected chi connectivity index (χ0v) is 11.2. The summed E-state index contributed by atoms with van der Waals surface area (Å²) in [6.45, 7) is 3.63. The first-order valence-electron chi connectivity index (χ1n) is 6.10. The van der Waals surface area contributed by atoms with Crippen LogP contribution in [0, 0.1) is 6.92 Å². The minimum Gasteiger partial charge on any atom is -0.478 e. The van der Waals surface area contributed by atoms with Gasteiger partial charge in [0.2, 0.25) is 0 Å². The number of aromatic carboxylic acids is 1. The smallest absolute Gasteiger partial charge is 0.339 e. The second-order valence-corrected chi connectivity index (χ2v) is 4.59. The molecule has 0 saturated carbocycles. The molecule has 1 aromatic rings. The van der Waals surface area contributed by atoms with Crippen molar-refractivity contribution in [1.82, 2.24) is 9.88 Å². The predicted molar refractivity (Wildman–Crippen MR) is 72.2 cm³/mol. The molecule has 0 unspecified atom stereocenters. The zero-order chi connectivity index (χ0) is 13.5. The van der Waals surface area contributed by atoms with Crippen LogP contribution in [0.2, 0.25) is 0 Å². The number of hydrogen-bond acceptors (Lipinski definition) is 4. The number of aromatic nitrogens is 1. The van der Waals surface area contributed by atoms with E-state index in [0.717, 1.165) is 31.6 Å². The normalized spacial score (nSPS) is 10.7. The van der Waals surface area contributed by atoms with Gasteiger partial charge < -0.3 is 15.3 Å². The van der Waals surface area contributed by atoms with Gasteiger partial charge in [-0.1, -0.05) is 0 Å². The van der Waals surface area contributed by atoms with Gasteiger partial charge in [0, 0.05) is 12.2 Å². The van der Waals surface area contributed by atoms with E-state index in [-0.39, 0.29) is 5.56 Å². The van der Waals surface area contributed by atoms with Crippen LogP contribution in [0.1, 0.15) is 28.9 Å². The molecule has 1 rings (SSSR count). The molecule has 0 aromatic carbocycles. The topological polar surface area (TPSA) is 65.5 Å². The largest absolute Gasteiger partial charge is 0.478 e. The lowest BCUT2D eigenvalue weighted by Crippen LogP contribution is -2.15. The van der Waals surface area contributed by atoms with Gasteiger partial charge in [-0.05, 0) is 52.5 Å². The highest BCUT2D eigenvalue weighted by Crippen LogP contribution is 2.13. The van der Waals surface area contributed by atoms with Gasteiger partial charge in [0.15, 0.2) is 0 Å². The third-order valence-corrected chi connectivity index (χ3v) is 2.59. The number of pyridine rings is 1. The quantitative estimate of drug-likeness (QED) is 0.724. The third kappa shape index (κ3) is 4.71. The molecule has 1 heterocycles. The first-order valence-corrected chi connectivity index (χ1v) is 6.10. The van der Waals surface area contributed by atoms with Crippen molar-refractivity contribution in [2.45, 2.75) is 19.8 Å². The molecule has 0 bridgehead atoms. The van der Waals surface area contributed by atoms with Crippen LogP contribution in [0.3, 0.4) is 0 Å². The maximum atomic E-state index is 11.0. The Bertz CT molecular complexity index is 405. The van der Waals surface area contributed by atoms with E-state index in [4.69, 9.17) is 5.11 Å². The highest BCUT2D eigenvalue weighted by atomic mass is 16.4. The monoisotopic (exact) mass is 251 g/mol. The standard InChI is InChI=1S/C13H21N3O2/c1-10-6-7-11(13(17)18)12(15-10)14-8-4-5-9-16(2)3/h6-7H,4-5,8-9H2,1-3H3,(H,14,15)(H,17,18). The van der Waals surface area contributed by atoms with Gasteiger partial charge in [-0.3, -0.25) is 0 Å². The Morgan fingerprint density at radius 3 is 2.72 bits per heavy atom. The van der Waals surface area contributed by atoms with Crippen LogP contribution in [-0.4, -0.2) is 48.1 Å². The lowest BCUT2D eigenvalue weighted by Gasteiger charge is -2.11. The van der Waals surface area contributed by atoms with Crippen molar-refractivity contribution < 1.29 is 9.90 Å². The summed E-state index contributed by atoms with van der Waals surface area (Å²) in [6.07, 6.45) is 2.07. The predicted octanol–water partition coefficient (Wildman–Crippen LogP) is 1.84. The number of aryl methyl sites for hydroxylation is 1. The van der Waals surface area contributed by atoms with E-state index in [1.807, 2.05) is 21.0 Å². The first kappa shape index (κ1) is 14.4. The number of unbranched alkanes of at least 4 members (excludes halogenated alkanes) is 1. The molecule has 0 aliphatic heterocycles. The molecule has 0 aliphatic carbocycles. The van der Waals surface area contributed by atoms with Gasteiger partial charge in [-0.15, -0.1) is 0 Å². The van der Waals surface area contributed by atoms with Gasteiger partial charge in [0.25, 0.3) is 0 Å². The van der Waals surface area contributed by atoms with Crippen LogP contribution in [0.4, 0.5) is 5.82 Å². The van der Waals surface area contributed by atoms with E-state index in [9.17, 15) is 4.79 Å². The second kappa shape index (κ2) is 6.96. The fourth-order valence-electron chi connectivity index (χ4n) is 1.62. The average molecular weight is 251 g/mol. The van der Waals surface area contributed by atoms with Crippen molar-refractivity contribution in [2.75, 3.05) is 32.5 Å². The molecule has 100 valence electrons. The Morgan fingerprint density at radius 2 is 2.11 bits per heavy atom. The van der Waals surface area contributed by atoms with E-state index in [1.165, 1.54) is 0 Å². The summed E-state index contributed by atoms with van der Waals surface area (Å²) in [5, 5.41) is 12.1. The van der Waals surface area contributed by atoms with Gasteiger partial charge in [-0.2, -0.15) is 0 Å². The van der Waals surface area contributed by atoms with Crippen molar-refractivity contribution >= 4 is 11.8 Å². The number of nitrogens with zero attached hydrogens (tertiary/aromatic N) is 2. The molecule has 0 amide bonds. The fourth-order valence-corrected chi connectivity index (χ4v) is 1.62. The summed E-state index contributed by atoms with van der Waals surface area (Å²) in [6, 6.07) is 3.30. The number of anilines is 1. The number of carboxylic acids is 1. The molecular formula is C13H21N3O2. The van der Waals surface area contributed by atoms with Gasteiger partial charge in [0.05, 0.1) is 0 Å². The van der Waals surface area contributed by atoms with Gasteiger partial charge in [0.1, 0.15) is 11.4 Å². The van der Waals surface area contributed by atoms with Crippen LogP contribution in [0.15, 0.2) is 12.1 Å². The van der Waals surface area contributed by atoms with E-state index >= 15 is 0 Å². The Hall–Kier alpha value is -1.62. The molecule has 2 N–H and O–H groups in total. The van der Waals surface area contributed by atoms with Crippen molar-refractivity contribution in [1.29, 1.82) is 0 Å². The van der Waals surface area contributed by atoms with Crippen LogP contribution in [0.5, 0.6) is 0 Å². The Kier molecular flexibility index (Phi) is 5.58. The molecule has 0 spiro atoms. The lowest BCUT2D eigenvalue weighted by molar-refractivity contribution is 0.0697. The first-order chi connectivity index (χ1) is 8.50. The van der Waals surface area contributed by atoms with Crippen molar-refractivity contribution in [3.63, 3.8) is 0 Å². The molecule has 0 fully saturated rings. The molecule has 0 atom stereocenters. The minimum absolute atomic E-state index is 0.230. The summed E-state index contributed by atoms with van der Waals surface area (Å²) >= 11 is 0. The summed E-state index contributed by atoms with van der Waals surface area (Å²) in [5.41, 5.74) is 1.05. The maximum Gasteiger partial charge on any atom is 0.339 e. The number of carbonyl (C=O) groups is 1. The molecule has 0 aliphatic rings. The van der Waals surface area contributed by atoms with Crippen molar-refractivity contribution in [3.8, 4) is 0 Å². The number of hydrogen-bond donors (Lipinski definition) is 2. The number of carboxylic acid groups (broad SMARTS) is 1. The SMILES string of the molecule is Cc1ccc(C(=O)O)c(NCCCCN(C)C)n1. The highest BCUT2D eigenvalue weighted by Gasteiger charge is 2.10. The molecule has 5 nitrogen and oxygen atoms in total. The molecular weight excluding hydrogens is 230 g/mol. The molecule has 1 aromatic heterocycles. The van der Waals surface area contributed by atoms with Crippen LogP contribution in [-0.2, 0) is 0 Å². The molecule has 5 heteroatoms. The molecule has 18 heavy (non-hydrogen) atoms. The third-order valence-electron chi connectivity index (χ3n) is 2.59. The summed E-state index contributed by atoms with van der Waals surface area (Å²) in [5.74, 6) is -0.481. The number of nitrogens with one attached hydrogen (secondary N) is 1. The Balaban J connectivity index is 2.50. The molecule has 0 saturated heterocycles. The van der Waals surface area contributed by atoms with Crippen LogP contribution in [0.25, 0.3) is 0 Å². The summed E-state index contributed by atoms with van der Waals surface area (Å²) in [4.78, 5) is 17.4. The zero-order valence-electron chi connectivity index (χ0n) is 11.2. The lowest BCUT2D eigenvalue weighted by atomic mass is 10.2. The van der Waals surface area contributed by atoms with Crippen molar-refractivity contribution in [3.05, 3.63) is 23.4 Å². The average Bonchev–Trinajstić information content (AvgIpc) is 2.27. The second-order valence-electron chi connectivity index (χ2n) is 4.59. The van der Waals surface area contributed by atoms with Gasteiger partial charge >= 0.3 is 5.97 Å².